The van der Waals surface area contributed by atoms with E-state index in [0.717, 1.165) is 5.69 Å². The van der Waals surface area contributed by atoms with Crippen LogP contribution in [0.15, 0.2) is 24.3 Å². The molecule has 0 bridgehead atoms. The molecule has 14 heavy (non-hydrogen) atoms. The van der Waals surface area contributed by atoms with Crippen LogP contribution < -0.4 is 0 Å². The Hall–Kier alpha value is -1.42. The lowest BCUT2D eigenvalue weighted by atomic mass is 10.3. The van der Waals surface area contributed by atoms with E-state index in [-0.39, 0.29) is 0 Å². The molecule has 1 aromatic heterocycles. The molecular formula is C9H8ClN4. The number of hydrogen-bond acceptors (Lipinski definition) is 3. The van der Waals surface area contributed by atoms with E-state index in [1.54, 1.807) is 10.7 Å². The normalized spacial score (nSPS) is 10.4. The lowest BCUT2D eigenvalue weighted by Crippen LogP contribution is -2.02. The fraction of sp³-hybridized carbons (Fsp3) is 0.111. The number of hydrogen-bond donors (Lipinski definition) is 0. The van der Waals surface area contributed by atoms with Gasteiger partial charge in [0.05, 0.1) is 10.7 Å². The standard InChI is InChI=1S/C9H8ClN4/c1-2-9-11-12-13-14(9)8-6-4-3-5-7(8)10/h3-6H,1-2H2. The van der Waals surface area contributed by atoms with E-state index in [1.165, 1.54) is 0 Å². The second-order valence-corrected chi connectivity index (χ2v) is 3.12. The summed E-state index contributed by atoms with van der Waals surface area (Å²) in [4.78, 5) is 0. The van der Waals surface area contributed by atoms with Crippen molar-refractivity contribution >= 4 is 11.6 Å². The number of nitrogens with zero attached hydrogens (tertiary/aromatic N) is 4. The van der Waals surface area contributed by atoms with E-state index in [4.69, 9.17) is 11.6 Å². The summed E-state index contributed by atoms with van der Waals surface area (Å²) >= 11 is 6.01. The molecular weight excluding hydrogens is 200 g/mol. The van der Waals surface area contributed by atoms with Crippen molar-refractivity contribution in [2.45, 2.75) is 6.42 Å². The molecule has 0 aliphatic carbocycles. The molecule has 4 nitrogen and oxygen atoms in total. The van der Waals surface area contributed by atoms with Crippen molar-refractivity contribution < 1.29 is 0 Å². The van der Waals surface area contributed by atoms with Gasteiger partial charge in [0.2, 0.25) is 0 Å². The maximum atomic E-state index is 6.01. The van der Waals surface area contributed by atoms with Crippen molar-refractivity contribution in [2.24, 2.45) is 0 Å². The van der Waals surface area contributed by atoms with E-state index in [9.17, 15) is 0 Å². The number of tetrazole rings is 1. The Morgan fingerprint density at radius 2 is 2.14 bits per heavy atom. The summed E-state index contributed by atoms with van der Waals surface area (Å²) in [5, 5.41) is 11.9. The Bertz CT molecular complexity index is 438. The number of aromatic nitrogens is 4. The molecule has 0 saturated carbocycles. The summed E-state index contributed by atoms with van der Waals surface area (Å²) in [5.41, 5.74) is 0.776. The lowest BCUT2D eigenvalue weighted by molar-refractivity contribution is 0.773. The fourth-order valence-corrected chi connectivity index (χ4v) is 1.39. The predicted octanol–water partition coefficient (Wildman–Crippen LogP) is 1.69. The molecule has 1 radical (unpaired) electrons. The van der Waals surface area contributed by atoms with Gasteiger partial charge in [-0.15, -0.1) is 5.10 Å². The smallest absolute Gasteiger partial charge is 0.156 e. The van der Waals surface area contributed by atoms with Crippen molar-refractivity contribution in [3.8, 4) is 5.69 Å². The van der Waals surface area contributed by atoms with Crippen LogP contribution in [0.1, 0.15) is 5.82 Å². The molecule has 2 rings (SSSR count). The van der Waals surface area contributed by atoms with Gasteiger partial charge in [0.1, 0.15) is 0 Å². The second-order valence-electron chi connectivity index (χ2n) is 2.71. The first-order valence-corrected chi connectivity index (χ1v) is 4.52. The fourth-order valence-electron chi connectivity index (χ4n) is 1.17. The average molecular weight is 208 g/mol. The van der Waals surface area contributed by atoms with Crippen molar-refractivity contribution in [3.63, 3.8) is 0 Å². The molecule has 0 fully saturated rings. The third kappa shape index (κ3) is 1.48. The zero-order chi connectivity index (χ0) is 9.97. The molecule has 0 aliphatic heterocycles. The molecule has 71 valence electrons. The minimum Gasteiger partial charge on any atom is -0.196 e. The SMILES string of the molecule is [CH2]Cc1nnnn1-c1ccccc1Cl. The van der Waals surface area contributed by atoms with Crippen LogP contribution in [-0.2, 0) is 6.42 Å². The van der Waals surface area contributed by atoms with Crippen molar-refractivity contribution in [2.75, 3.05) is 0 Å². The quantitative estimate of drug-likeness (QED) is 0.753. The zero-order valence-electron chi connectivity index (χ0n) is 7.39. The summed E-state index contributed by atoms with van der Waals surface area (Å²) < 4.78 is 1.59. The Morgan fingerprint density at radius 3 is 2.86 bits per heavy atom. The van der Waals surface area contributed by atoms with Crippen LogP contribution in [0.2, 0.25) is 5.02 Å². The highest BCUT2D eigenvalue weighted by Gasteiger charge is 2.08. The summed E-state index contributed by atoms with van der Waals surface area (Å²) in [6.45, 7) is 3.74. The van der Waals surface area contributed by atoms with Crippen LogP contribution in [0, 0.1) is 6.92 Å². The molecule has 0 aliphatic rings. The van der Waals surface area contributed by atoms with Gasteiger partial charge in [-0.1, -0.05) is 23.7 Å². The van der Waals surface area contributed by atoms with Crippen LogP contribution in [0.25, 0.3) is 5.69 Å². The van der Waals surface area contributed by atoms with E-state index in [2.05, 4.69) is 22.4 Å². The molecule has 0 N–H and O–H groups in total. The van der Waals surface area contributed by atoms with Gasteiger partial charge in [-0.3, -0.25) is 0 Å². The summed E-state index contributed by atoms with van der Waals surface area (Å²) in [7, 11) is 0. The van der Waals surface area contributed by atoms with Crippen LogP contribution in [-0.4, -0.2) is 20.2 Å². The minimum absolute atomic E-state index is 0.526. The van der Waals surface area contributed by atoms with Crippen LogP contribution in [0.3, 0.4) is 0 Å². The van der Waals surface area contributed by atoms with Crippen LogP contribution in [0.4, 0.5) is 0 Å². The van der Waals surface area contributed by atoms with Gasteiger partial charge in [0.15, 0.2) is 5.82 Å². The molecule has 0 unspecified atom stereocenters. The Morgan fingerprint density at radius 1 is 1.36 bits per heavy atom. The monoisotopic (exact) mass is 207 g/mol. The van der Waals surface area contributed by atoms with Crippen LogP contribution >= 0.6 is 11.6 Å². The molecule has 1 aromatic carbocycles. The van der Waals surface area contributed by atoms with Gasteiger partial charge < -0.3 is 0 Å². The molecule has 0 saturated heterocycles. The number of benzene rings is 1. The van der Waals surface area contributed by atoms with Gasteiger partial charge in [0.25, 0.3) is 0 Å². The van der Waals surface area contributed by atoms with E-state index < -0.39 is 0 Å². The Kier molecular flexibility index (Phi) is 2.45. The summed E-state index contributed by atoms with van der Waals surface area (Å²) in [6, 6.07) is 7.40. The number of halogens is 1. The van der Waals surface area contributed by atoms with Crippen molar-refractivity contribution in [3.05, 3.63) is 42.0 Å². The Balaban J connectivity index is 2.54. The molecule has 5 heteroatoms. The molecule has 1 heterocycles. The first-order chi connectivity index (χ1) is 6.83. The number of para-hydroxylation sites is 1. The van der Waals surface area contributed by atoms with Crippen molar-refractivity contribution in [1.82, 2.24) is 20.2 Å². The first kappa shape index (κ1) is 9.15. The van der Waals surface area contributed by atoms with Gasteiger partial charge in [-0.05, 0) is 29.5 Å². The van der Waals surface area contributed by atoms with Gasteiger partial charge >= 0.3 is 0 Å². The van der Waals surface area contributed by atoms with Crippen molar-refractivity contribution in [1.29, 1.82) is 0 Å². The van der Waals surface area contributed by atoms with E-state index >= 15 is 0 Å². The maximum absolute atomic E-state index is 6.01. The summed E-state index contributed by atoms with van der Waals surface area (Å²) in [6.07, 6.45) is 0.526. The van der Waals surface area contributed by atoms with Gasteiger partial charge in [-0.2, -0.15) is 4.68 Å². The largest absolute Gasteiger partial charge is 0.196 e. The maximum Gasteiger partial charge on any atom is 0.156 e. The predicted molar refractivity (Wildman–Crippen MR) is 53.2 cm³/mol. The molecule has 0 amide bonds. The van der Waals surface area contributed by atoms with E-state index in [0.29, 0.717) is 17.3 Å². The molecule has 0 atom stereocenters. The molecule has 0 spiro atoms. The molecule has 2 aromatic rings. The highest BCUT2D eigenvalue weighted by Crippen LogP contribution is 2.19. The Labute approximate surface area is 86.5 Å². The third-order valence-corrected chi connectivity index (χ3v) is 2.16. The first-order valence-electron chi connectivity index (χ1n) is 4.14. The van der Waals surface area contributed by atoms with Gasteiger partial charge in [-0.25, -0.2) is 0 Å². The second kappa shape index (κ2) is 3.75. The minimum atomic E-state index is 0.526. The van der Waals surface area contributed by atoms with Gasteiger partial charge in [0, 0.05) is 6.42 Å². The third-order valence-electron chi connectivity index (χ3n) is 1.84. The highest BCUT2D eigenvalue weighted by atomic mass is 35.5. The topological polar surface area (TPSA) is 43.6 Å². The lowest BCUT2D eigenvalue weighted by Gasteiger charge is -2.03. The number of rotatable bonds is 2. The zero-order valence-corrected chi connectivity index (χ0v) is 8.15. The average Bonchev–Trinajstić information content (AvgIpc) is 2.66. The highest BCUT2D eigenvalue weighted by molar-refractivity contribution is 6.32. The van der Waals surface area contributed by atoms with E-state index in [1.807, 2.05) is 18.2 Å². The van der Waals surface area contributed by atoms with Crippen LogP contribution in [0.5, 0.6) is 0 Å². The summed E-state index contributed by atoms with van der Waals surface area (Å²) in [5.74, 6) is 0.693.